The molecule has 0 unspecified atom stereocenters. The molecule has 2 saturated carbocycles. The van der Waals surface area contributed by atoms with E-state index in [1.165, 1.54) is 28.5 Å². The highest BCUT2D eigenvalue weighted by molar-refractivity contribution is 7.13. The van der Waals surface area contributed by atoms with Gasteiger partial charge in [-0.25, -0.2) is 22.5 Å². The molecule has 0 atom stereocenters. The summed E-state index contributed by atoms with van der Waals surface area (Å²) < 4.78 is 58.2. The fraction of sp³-hybridized carbons (Fsp3) is 0.667. The molecular weight excluding hydrogens is 506 g/mol. The Morgan fingerprint density at radius 2 is 1.86 bits per heavy atom. The van der Waals surface area contributed by atoms with Gasteiger partial charge in [0.25, 0.3) is 17.5 Å². The van der Waals surface area contributed by atoms with Crippen molar-refractivity contribution >= 4 is 17.1 Å². The number of rotatable bonds is 9. The van der Waals surface area contributed by atoms with Crippen LogP contribution in [0.4, 0.5) is 17.6 Å². The maximum absolute atomic E-state index is 13.2. The molecule has 0 saturated heterocycles. The van der Waals surface area contributed by atoms with Gasteiger partial charge in [-0.3, -0.25) is 9.78 Å². The van der Waals surface area contributed by atoms with Gasteiger partial charge in [-0.2, -0.15) is 0 Å². The monoisotopic (exact) mass is 539 g/mol. The van der Waals surface area contributed by atoms with Crippen LogP contribution in [0, 0.1) is 11.8 Å². The van der Waals surface area contributed by atoms with Gasteiger partial charge in [0.05, 0.1) is 5.69 Å². The van der Waals surface area contributed by atoms with Crippen molar-refractivity contribution in [1.29, 1.82) is 0 Å². The highest BCUT2D eigenvalue weighted by atomic mass is 32.1. The molecule has 1 aliphatic heterocycles. The number of pyridine rings is 1. The Balaban J connectivity index is 1.02. The van der Waals surface area contributed by atoms with Crippen LogP contribution >= 0.6 is 11.3 Å². The first kappa shape index (κ1) is 26.5. The summed E-state index contributed by atoms with van der Waals surface area (Å²) in [5, 5.41) is 0.531. The van der Waals surface area contributed by atoms with E-state index < -0.39 is 24.1 Å². The van der Waals surface area contributed by atoms with E-state index in [0.29, 0.717) is 17.5 Å². The summed E-state index contributed by atoms with van der Waals surface area (Å²) in [5.74, 6) is -1.94. The highest BCUT2D eigenvalue weighted by Gasteiger charge is 2.47. The van der Waals surface area contributed by atoms with Gasteiger partial charge in [-0.05, 0) is 56.2 Å². The molecule has 2 aliphatic carbocycles. The maximum Gasteiger partial charge on any atom is 0.281 e. The van der Waals surface area contributed by atoms with Gasteiger partial charge in [0.15, 0.2) is 5.78 Å². The minimum Gasteiger partial charge on any atom is -0.466 e. The van der Waals surface area contributed by atoms with Gasteiger partial charge < -0.3 is 9.64 Å². The Hall–Kier alpha value is -2.07. The van der Waals surface area contributed by atoms with E-state index in [1.807, 2.05) is 0 Å². The maximum atomic E-state index is 13.2. The molecule has 5 rings (SSSR count). The Morgan fingerprint density at radius 1 is 1.14 bits per heavy atom. The minimum atomic E-state index is -2.74. The van der Waals surface area contributed by atoms with Crippen LogP contribution in [-0.4, -0.2) is 52.3 Å². The van der Waals surface area contributed by atoms with E-state index in [9.17, 15) is 22.4 Å². The second-order valence-corrected chi connectivity index (χ2v) is 11.8. The molecule has 5 nitrogen and oxygen atoms in total. The molecule has 2 aromatic heterocycles. The highest BCUT2D eigenvalue weighted by Crippen LogP contribution is 2.41. The average molecular weight is 540 g/mol. The van der Waals surface area contributed by atoms with Gasteiger partial charge in [0, 0.05) is 55.4 Å². The zero-order chi connectivity index (χ0) is 26.0. The number of carbonyl (C=O) groups is 1. The van der Waals surface area contributed by atoms with Crippen molar-refractivity contribution in [2.24, 2.45) is 11.8 Å². The molecule has 0 spiro atoms. The lowest BCUT2D eigenvalue weighted by Crippen LogP contribution is -2.43. The first-order valence-corrected chi connectivity index (χ1v) is 14.1. The van der Waals surface area contributed by atoms with Crippen molar-refractivity contribution in [2.75, 3.05) is 19.6 Å². The number of nitrogens with zero attached hydrogens (tertiary/aromatic N) is 3. The molecule has 3 aliphatic rings. The van der Waals surface area contributed by atoms with Crippen LogP contribution in [0.2, 0.25) is 0 Å². The number of Topliss-reactive ketones (excluding diaryl/α,β-unsaturated/α-hetero) is 1. The summed E-state index contributed by atoms with van der Waals surface area (Å²) in [6.45, 7) is 2.91. The molecule has 0 aromatic carbocycles. The topological polar surface area (TPSA) is 55.3 Å². The number of aromatic nitrogens is 2. The van der Waals surface area contributed by atoms with Crippen LogP contribution in [0.25, 0.3) is 0 Å². The number of hydrogen-bond donors (Lipinski definition) is 0. The van der Waals surface area contributed by atoms with Crippen LogP contribution in [0.1, 0.15) is 84.4 Å². The van der Waals surface area contributed by atoms with Crippen LogP contribution < -0.4 is 4.74 Å². The second kappa shape index (κ2) is 11.4. The van der Waals surface area contributed by atoms with Gasteiger partial charge in [-0.1, -0.05) is 24.2 Å². The number of ketones is 1. The summed E-state index contributed by atoms with van der Waals surface area (Å²) in [7, 11) is 0. The Morgan fingerprint density at radius 3 is 2.59 bits per heavy atom. The fourth-order valence-corrected chi connectivity index (χ4v) is 6.79. The molecule has 10 heteroatoms. The van der Waals surface area contributed by atoms with Crippen molar-refractivity contribution in [2.45, 2.75) is 82.7 Å². The van der Waals surface area contributed by atoms with Crippen molar-refractivity contribution in [3.8, 4) is 5.19 Å². The molecule has 0 amide bonds. The Bertz CT molecular complexity index is 1050. The smallest absolute Gasteiger partial charge is 0.281 e. The molecule has 0 radical (unpaired) electrons. The standard InChI is InChI=1S/C27H33F4N3O2S/c28-25(29)24-20(2-1-10-32-24)22(35)14-18-5-3-17(4-6-18)7-11-34-12-8-21-23(9-13-34)37-26(33-21)36-19-15-27(30,31)16-19/h1-2,10,17-19,25H,3-9,11-16H2. The van der Waals surface area contributed by atoms with E-state index in [0.717, 1.165) is 70.3 Å². The molecule has 3 heterocycles. The van der Waals surface area contributed by atoms with E-state index in [1.54, 1.807) is 6.07 Å². The molecule has 202 valence electrons. The largest absolute Gasteiger partial charge is 0.466 e. The number of halogens is 4. The van der Waals surface area contributed by atoms with Crippen molar-refractivity contribution in [1.82, 2.24) is 14.9 Å². The zero-order valence-corrected chi connectivity index (χ0v) is 21.6. The molecule has 2 aromatic rings. The number of carbonyl (C=O) groups excluding carboxylic acids is 1. The number of fused-ring (bicyclic) bond motifs is 1. The quantitative estimate of drug-likeness (QED) is 0.268. The molecular formula is C27H33F4N3O2S. The zero-order valence-electron chi connectivity index (χ0n) is 20.8. The normalized spacial score (nSPS) is 24.4. The van der Waals surface area contributed by atoms with Crippen molar-refractivity contribution in [3.05, 3.63) is 40.2 Å². The lowest BCUT2D eigenvalue weighted by atomic mass is 9.78. The van der Waals surface area contributed by atoms with E-state index in [4.69, 9.17) is 4.74 Å². The second-order valence-electron chi connectivity index (χ2n) is 10.7. The van der Waals surface area contributed by atoms with E-state index >= 15 is 0 Å². The fourth-order valence-electron chi connectivity index (χ4n) is 5.78. The SMILES string of the molecule is O=C(CC1CCC(CCN2CCc3nc(OC4CC(F)(F)C4)sc3CC2)CC1)c1cccnc1C(F)F. The summed E-state index contributed by atoms with van der Waals surface area (Å²) in [6, 6.07) is 3.00. The molecule has 0 bridgehead atoms. The van der Waals surface area contributed by atoms with Crippen LogP contribution in [0.3, 0.4) is 0 Å². The van der Waals surface area contributed by atoms with E-state index in [-0.39, 0.29) is 30.1 Å². The van der Waals surface area contributed by atoms with Crippen LogP contribution in [-0.2, 0) is 12.8 Å². The number of ether oxygens (including phenoxy) is 1. The van der Waals surface area contributed by atoms with Gasteiger partial charge in [-0.15, -0.1) is 0 Å². The molecule has 0 N–H and O–H groups in total. The first-order valence-electron chi connectivity index (χ1n) is 13.3. The predicted molar refractivity (Wildman–Crippen MR) is 133 cm³/mol. The minimum absolute atomic E-state index is 0.0621. The van der Waals surface area contributed by atoms with Gasteiger partial charge in [0.2, 0.25) is 0 Å². The average Bonchev–Trinajstić information content (AvgIpc) is 3.14. The van der Waals surface area contributed by atoms with Gasteiger partial charge >= 0.3 is 0 Å². The van der Waals surface area contributed by atoms with E-state index in [2.05, 4.69) is 14.9 Å². The van der Waals surface area contributed by atoms with Crippen LogP contribution in [0.5, 0.6) is 5.19 Å². The first-order chi connectivity index (χ1) is 17.8. The summed E-state index contributed by atoms with van der Waals surface area (Å²) in [4.78, 5) is 24.6. The third kappa shape index (κ3) is 6.69. The third-order valence-corrected chi connectivity index (χ3v) is 9.09. The van der Waals surface area contributed by atoms with Gasteiger partial charge in [0.1, 0.15) is 11.8 Å². The summed E-state index contributed by atoms with van der Waals surface area (Å²) in [6.07, 6.45) is 4.94. The number of alkyl halides is 4. The third-order valence-electron chi connectivity index (χ3n) is 8.04. The van der Waals surface area contributed by atoms with Crippen LogP contribution in [0.15, 0.2) is 18.3 Å². The lowest BCUT2D eigenvalue weighted by Gasteiger charge is -2.33. The number of hydrogen-bond acceptors (Lipinski definition) is 6. The Kier molecular flexibility index (Phi) is 8.14. The number of thiazole rings is 1. The summed E-state index contributed by atoms with van der Waals surface area (Å²) >= 11 is 1.50. The Labute approximate surface area is 218 Å². The molecule has 37 heavy (non-hydrogen) atoms. The molecule has 2 fully saturated rings. The van der Waals surface area contributed by atoms with Crippen molar-refractivity contribution in [3.63, 3.8) is 0 Å². The van der Waals surface area contributed by atoms with Crippen molar-refractivity contribution < 1.29 is 27.1 Å². The lowest BCUT2D eigenvalue weighted by molar-refractivity contribution is -0.134. The summed E-state index contributed by atoms with van der Waals surface area (Å²) in [5.41, 5.74) is 0.699. The predicted octanol–water partition coefficient (Wildman–Crippen LogP) is 6.52.